The maximum absolute atomic E-state index is 13.9. The van der Waals surface area contributed by atoms with E-state index < -0.39 is 5.54 Å². The maximum Gasteiger partial charge on any atom is 0.214 e. The molecule has 1 fully saturated rings. The summed E-state index contributed by atoms with van der Waals surface area (Å²) in [7, 11) is 0. The Labute approximate surface area is 169 Å². The standard InChI is InChI=1S/C21H22N6O.H2O/c28-20(19-6-3-11-25-26-19)21(17-4-1-9-22-12-7-17)16-24-14-15-27(21)18-5-2-10-23-13-8-18;/h1-13,22-24H,14-16H2;1H2. The van der Waals surface area contributed by atoms with Gasteiger partial charge in [-0.3, -0.25) is 4.79 Å². The van der Waals surface area contributed by atoms with E-state index >= 15 is 0 Å². The van der Waals surface area contributed by atoms with Gasteiger partial charge in [0.2, 0.25) is 5.78 Å². The van der Waals surface area contributed by atoms with Crippen molar-refractivity contribution in [2.24, 2.45) is 0 Å². The number of nitrogens with one attached hydrogen (secondary N) is 3. The number of ketones is 1. The van der Waals surface area contributed by atoms with Gasteiger partial charge in [0, 0.05) is 56.3 Å². The first-order valence-corrected chi connectivity index (χ1v) is 9.22. The average molecular weight is 392 g/mol. The van der Waals surface area contributed by atoms with Crippen LogP contribution in [-0.2, 0) is 0 Å². The Morgan fingerprint density at radius 1 is 1.07 bits per heavy atom. The first kappa shape index (κ1) is 20.2. The van der Waals surface area contributed by atoms with Gasteiger partial charge in [0.05, 0.1) is 0 Å². The van der Waals surface area contributed by atoms with Crippen LogP contribution in [0.2, 0.25) is 0 Å². The number of hydrogen-bond donors (Lipinski definition) is 3. The molecule has 3 aliphatic heterocycles. The van der Waals surface area contributed by atoms with Crippen LogP contribution in [-0.4, -0.2) is 51.5 Å². The van der Waals surface area contributed by atoms with Crippen LogP contribution in [0.5, 0.6) is 0 Å². The van der Waals surface area contributed by atoms with E-state index in [2.05, 4.69) is 31.0 Å². The zero-order valence-electron chi connectivity index (χ0n) is 15.9. The molecular formula is C21H24N6O2. The second kappa shape index (κ2) is 9.13. The second-order valence-electron chi connectivity index (χ2n) is 6.56. The number of Topliss-reactive ketones (excluding diaryl/α,β-unsaturated/α-hetero) is 1. The number of piperazine rings is 1. The van der Waals surface area contributed by atoms with E-state index in [-0.39, 0.29) is 11.3 Å². The molecule has 150 valence electrons. The van der Waals surface area contributed by atoms with Crippen LogP contribution in [0.15, 0.2) is 90.9 Å². The molecule has 1 atom stereocenters. The van der Waals surface area contributed by atoms with E-state index in [9.17, 15) is 4.79 Å². The molecule has 0 saturated carbocycles. The van der Waals surface area contributed by atoms with Crippen LogP contribution in [0.4, 0.5) is 0 Å². The number of carbonyl (C=O) groups is 1. The molecule has 1 aromatic heterocycles. The fourth-order valence-electron chi connectivity index (χ4n) is 3.68. The lowest BCUT2D eigenvalue weighted by molar-refractivity contribution is 0.0674. The number of nitrogens with zero attached hydrogens (tertiary/aromatic N) is 3. The Morgan fingerprint density at radius 2 is 1.86 bits per heavy atom. The van der Waals surface area contributed by atoms with Crippen LogP contribution in [0, 0.1) is 0 Å². The van der Waals surface area contributed by atoms with Gasteiger partial charge in [-0.05, 0) is 48.1 Å². The minimum absolute atomic E-state index is 0. The molecule has 29 heavy (non-hydrogen) atoms. The molecule has 0 aromatic carbocycles. The van der Waals surface area contributed by atoms with E-state index in [1.165, 1.54) is 0 Å². The smallest absolute Gasteiger partial charge is 0.214 e. The normalized spacial score (nSPS) is 23.0. The monoisotopic (exact) mass is 392 g/mol. The van der Waals surface area contributed by atoms with Gasteiger partial charge in [0.1, 0.15) is 11.2 Å². The maximum atomic E-state index is 13.9. The van der Waals surface area contributed by atoms with Gasteiger partial charge in [-0.1, -0.05) is 6.08 Å². The van der Waals surface area contributed by atoms with E-state index in [0.29, 0.717) is 18.8 Å². The molecule has 1 aromatic rings. The second-order valence-corrected chi connectivity index (χ2v) is 6.56. The predicted octanol–water partition coefficient (Wildman–Crippen LogP) is 0.550. The number of hydrogen-bond acceptors (Lipinski definition) is 7. The van der Waals surface area contributed by atoms with Crippen LogP contribution >= 0.6 is 0 Å². The molecule has 0 spiro atoms. The molecule has 0 amide bonds. The molecule has 0 aliphatic carbocycles. The summed E-state index contributed by atoms with van der Waals surface area (Å²) >= 11 is 0. The van der Waals surface area contributed by atoms with Crippen molar-refractivity contribution >= 4 is 5.78 Å². The lowest BCUT2D eigenvalue weighted by atomic mass is 9.79. The van der Waals surface area contributed by atoms with Crippen molar-refractivity contribution in [2.45, 2.75) is 5.54 Å². The molecule has 1 unspecified atom stereocenters. The van der Waals surface area contributed by atoms with E-state index in [1.807, 2.05) is 61.3 Å². The summed E-state index contributed by atoms with van der Waals surface area (Å²) in [4.78, 5) is 16.0. The number of rotatable bonds is 4. The first-order chi connectivity index (χ1) is 13.8. The van der Waals surface area contributed by atoms with E-state index in [0.717, 1.165) is 17.8 Å². The summed E-state index contributed by atoms with van der Waals surface area (Å²) in [5.41, 5.74) is 1.23. The third-order valence-corrected chi connectivity index (χ3v) is 4.96. The van der Waals surface area contributed by atoms with E-state index in [4.69, 9.17) is 0 Å². The summed E-state index contributed by atoms with van der Waals surface area (Å²) in [6.45, 7) is 1.93. The van der Waals surface area contributed by atoms with Gasteiger partial charge in [0.25, 0.3) is 0 Å². The van der Waals surface area contributed by atoms with Gasteiger partial charge < -0.3 is 26.3 Å². The van der Waals surface area contributed by atoms with Crippen molar-refractivity contribution in [1.82, 2.24) is 31.0 Å². The summed E-state index contributed by atoms with van der Waals surface area (Å²) < 4.78 is 0. The number of aromatic nitrogens is 2. The summed E-state index contributed by atoms with van der Waals surface area (Å²) in [6.07, 6.45) is 20.7. The lowest BCUT2D eigenvalue weighted by Gasteiger charge is -2.48. The van der Waals surface area contributed by atoms with Crippen LogP contribution in [0.3, 0.4) is 0 Å². The highest BCUT2D eigenvalue weighted by atomic mass is 16.1. The molecule has 3 aliphatic rings. The highest BCUT2D eigenvalue weighted by molar-refractivity contribution is 6.05. The van der Waals surface area contributed by atoms with Crippen molar-refractivity contribution in [3.63, 3.8) is 0 Å². The Hall–Kier alpha value is -3.49. The third-order valence-electron chi connectivity index (χ3n) is 4.96. The van der Waals surface area contributed by atoms with Gasteiger partial charge in [0.15, 0.2) is 0 Å². The third kappa shape index (κ3) is 3.89. The van der Waals surface area contributed by atoms with Gasteiger partial charge in [-0.2, -0.15) is 5.10 Å². The molecule has 8 heteroatoms. The first-order valence-electron chi connectivity index (χ1n) is 9.22. The van der Waals surface area contributed by atoms with Gasteiger partial charge in [-0.25, -0.2) is 0 Å². The Morgan fingerprint density at radius 3 is 2.66 bits per heavy atom. The molecule has 0 bridgehead atoms. The van der Waals surface area contributed by atoms with Crippen molar-refractivity contribution < 1.29 is 10.3 Å². The van der Waals surface area contributed by atoms with Gasteiger partial charge >= 0.3 is 0 Å². The van der Waals surface area contributed by atoms with Crippen molar-refractivity contribution in [3.05, 3.63) is 96.5 Å². The topological polar surface area (TPSA) is 114 Å². The zero-order chi connectivity index (χ0) is 19.2. The Kier molecular flexibility index (Phi) is 6.38. The van der Waals surface area contributed by atoms with Gasteiger partial charge in [-0.15, -0.1) is 5.10 Å². The SMILES string of the molecule is O.O=C(c1cccnn1)C1(C2=CC=CNC=C2)CNCCN1C1=CC=CNC=C1. The fourth-order valence-corrected chi connectivity index (χ4v) is 3.68. The average Bonchev–Trinajstić information content (AvgIpc) is 3.19. The molecule has 4 heterocycles. The number of allylic oxidation sites excluding steroid dienone is 5. The Balaban J connectivity index is 0.00000240. The van der Waals surface area contributed by atoms with Crippen molar-refractivity contribution in [3.8, 4) is 0 Å². The number of carbonyl (C=O) groups excluding carboxylic acids is 1. The molecular weight excluding hydrogens is 368 g/mol. The molecule has 4 rings (SSSR count). The van der Waals surface area contributed by atoms with Crippen molar-refractivity contribution in [2.75, 3.05) is 19.6 Å². The fraction of sp³-hybridized carbons (Fsp3) is 0.190. The highest BCUT2D eigenvalue weighted by Gasteiger charge is 2.49. The summed E-state index contributed by atoms with van der Waals surface area (Å²) in [5.74, 6) is -0.0884. The molecule has 0 radical (unpaired) electrons. The minimum atomic E-state index is -0.949. The largest absolute Gasteiger partial charge is 0.412 e. The summed E-state index contributed by atoms with van der Waals surface area (Å²) in [5, 5.41) is 17.6. The van der Waals surface area contributed by atoms with Crippen molar-refractivity contribution in [1.29, 1.82) is 0 Å². The van der Waals surface area contributed by atoms with Crippen LogP contribution < -0.4 is 16.0 Å². The molecule has 8 nitrogen and oxygen atoms in total. The Bertz CT molecular complexity index is 916. The molecule has 5 N–H and O–H groups in total. The van der Waals surface area contributed by atoms with Crippen LogP contribution in [0.1, 0.15) is 10.5 Å². The molecule has 1 saturated heterocycles. The minimum Gasteiger partial charge on any atom is -0.412 e. The summed E-state index contributed by atoms with van der Waals surface area (Å²) in [6, 6.07) is 3.46. The predicted molar refractivity (Wildman–Crippen MR) is 111 cm³/mol. The highest BCUT2D eigenvalue weighted by Crippen LogP contribution is 2.35. The zero-order valence-corrected chi connectivity index (χ0v) is 15.9. The van der Waals surface area contributed by atoms with Crippen LogP contribution in [0.25, 0.3) is 0 Å². The van der Waals surface area contributed by atoms with E-state index in [1.54, 1.807) is 18.3 Å². The quantitative estimate of drug-likeness (QED) is 0.641. The lowest BCUT2D eigenvalue weighted by Crippen LogP contribution is -2.65.